The monoisotopic (exact) mass is 445 g/mol. The zero-order valence-corrected chi connectivity index (χ0v) is 17.5. The average molecular weight is 445 g/mol. The first kappa shape index (κ1) is 19.6. The van der Waals surface area contributed by atoms with E-state index in [0.29, 0.717) is 45.3 Å². The fourth-order valence-corrected chi connectivity index (χ4v) is 3.78. The molecular weight excluding hydrogens is 430 g/mol. The van der Waals surface area contributed by atoms with Gasteiger partial charge in [-0.05, 0) is 24.8 Å². The van der Waals surface area contributed by atoms with Gasteiger partial charge < -0.3 is 14.5 Å². The summed E-state index contributed by atoms with van der Waals surface area (Å²) in [6.45, 7) is 5.07. The SMILES string of the molecule is C=C1NN=C(c2csc(-c3cnc(NC(C)=O)cc3-c3nnc(-c4ccccc4)o3)n2)O1. The standard InChI is InChI=1S/C21H15N7O3S/c1-11(29)23-17-8-14(19-27-26-18(31-19)13-6-4-3-5-7-13)15(9-22-17)21-24-16(10-32-21)20-28-25-12(2)30-20/h3-10,25H,2H2,1H3,(H,22,23,29). The van der Waals surface area contributed by atoms with Crippen LogP contribution < -0.4 is 10.7 Å². The molecule has 11 heteroatoms. The Labute approximate surface area is 185 Å². The number of aromatic nitrogens is 4. The molecule has 32 heavy (non-hydrogen) atoms. The van der Waals surface area contributed by atoms with Gasteiger partial charge in [-0.15, -0.1) is 26.6 Å². The zero-order chi connectivity index (χ0) is 22.1. The minimum atomic E-state index is -0.243. The molecular formula is C21H15N7O3S. The molecule has 0 atom stereocenters. The van der Waals surface area contributed by atoms with Crippen molar-refractivity contribution in [1.82, 2.24) is 25.6 Å². The first-order chi connectivity index (χ1) is 15.6. The summed E-state index contributed by atoms with van der Waals surface area (Å²) in [5.74, 6) is 1.42. The number of carbonyl (C=O) groups is 1. The van der Waals surface area contributed by atoms with E-state index in [9.17, 15) is 4.79 Å². The molecule has 0 saturated heterocycles. The van der Waals surface area contributed by atoms with Gasteiger partial charge in [0.05, 0.1) is 5.56 Å². The van der Waals surface area contributed by atoms with E-state index in [0.717, 1.165) is 5.56 Å². The van der Waals surface area contributed by atoms with E-state index in [1.807, 2.05) is 35.7 Å². The van der Waals surface area contributed by atoms with Gasteiger partial charge in [-0.2, -0.15) is 0 Å². The van der Waals surface area contributed by atoms with Crippen LogP contribution in [0.25, 0.3) is 33.5 Å². The third-order valence-electron chi connectivity index (χ3n) is 4.34. The highest BCUT2D eigenvalue weighted by Crippen LogP contribution is 2.35. The zero-order valence-electron chi connectivity index (χ0n) is 16.7. The Balaban J connectivity index is 1.57. The number of hydrazone groups is 1. The molecule has 1 aliphatic rings. The quantitative estimate of drug-likeness (QED) is 0.477. The van der Waals surface area contributed by atoms with Gasteiger partial charge in [0.25, 0.3) is 5.90 Å². The van der Waals surface area contributed by atoms with Crippen LogP contribution in [0.2, 0.25) is 0 Å². The van der Waals surface area contributed by atoms with Gasteiger partial charge in [0.15, 0.2) is 0 Å². The maximum absolute atomic E-state index is 11.5. The second-order valence-corrected chi connectivity index (χ2v) is 7.52. The van der Waals surface area contributed by atoms with Crippen LogP contribution in [0.1, 0.15) is 12.6 Å². The Hall–Kier alpha value is -4.38. The number of benzene rings is 1. The molecule has 3 aromatic heterocycles. The molecule has 0 saturated carbocycles. The van der Waals surface area contributed by atoms with E-state index in [1.165, 1.54) is 18.3 Å². The Bertz CT molecular complexity index is 1360. The fraction of sp³-hybridized carbons (Fsp3) is 0.0476. The van der Waals surface area contributed by atoms with Crippen LogP contribution in [0.15, 0.2) is 70.0 Å². The van der Waals surface area contributed by atoms with Crippen molar-refractivity contribution in [2.75, 3.05) is 5.32 Å². The molecule has 0 fully saturated rings. The van der Waals surface area contributed by atoms with Crippen molar-refractivity contribution in [2.45, 2.75) is 6.92 Å². The summed E-state index contributed by atoms with van der Waals surface area (Å²) in [6, 6.07) is 11.1. The molecule has 1 aliphatic heterocycles. The summed E-state index contributed by atoms with van der Waals surface area (Å²) in [6.07, 6.45) is 1.60. The Morgan fingerprint density at radius 3 is 2.72 bits per heavy atom. The fourth-order valence-electron chi connectivity index (χ4n) is 2.96. The lowest BCUT2D eigenvalue weighted by molar-refractivity contribution is -0.114. The first-order valence-corrected chi connectivity index (χ1v) is 10.3. The van der Waals surface area contributed by atoms with E-state index in [1.54, 1.807) is 12.3 Å². The van der Waals surface area contributed by atoms with Crippen molar-refractivity contribution >= 4 is 29.0 Å². The third-order valence-corrected chi connectivity index (χ3v) is 5.22. The molecule has 10 nitrogen and oxygen atoms in total. The van der Waals surface area contributed by atoms with Gasteiger partial charge >= 0.3 is 0 Å². The number of carbonyl (C=O) groups excluding carboxylic acids is 1. The van der Waals surface area contributed by atoms with Crippen molar-refractivity contribution in [1.29, 1.82) is 0 Å². The number of amides is 1. The van der Waals surface area contributed by atoms with Gasteiger partial charge in [0.1, 0.15) is 16.5 Å². The molecule has 5 rings (SSSR count). The predicted molar refractivity (Wildman–Crippen MR) is 118 cm³/mol. The lowest BCUT2D eigenvalue weighted by Crippen LogP contribution is -2.07. The number of thiazole rings is 1. The number of ether oxygens (including phenoxy) is 1. The van der Waals surface area contributed by atoms with Crippen LogP contribution in [0.4, 0.5) is 5.82 Å². The summed E-state index contributed by atoms with van der Waals surface area (Å²) in [5.41, 5.74) is 5.23. The van der Waals surface area contributed by atoms with Gasteiger partial charge in [-0.25, -0.2) is 15.4 Å². The maximum Gasteiger partial charge on any atom is 0.264 e. The van der Waals surface area contributed by atoms with Crippen LogP contribution in [0.5, 0.6) is 0 Å². The molecule has 4 heterocycles. The molecule has 1 amide bonds. The molecule has 4 aromatic rings. The van der Waals surface area contributed by atoms with Gasteiger partial charge in [-0.1, -0.05) is 18.2 Å². The number of pyridine rings is 1. The number of anilines is 1. The van der Waals surface area contributed by atoms with Crippen molar-refractivity contribution in [3.63, 3.8) is 0 Å². The maximum atomic E-state index is 11.5. The Morgan fingerprint density at radius 1 is 1.16 bits per heavy atom. The van der Waals surface area contributed by atoms with Crippen molar-refractivity contribution in [2.24, 2.45) is 5.10 Å². The highest BCUT2D eigenvalue weighted by Gasteiger charge is 2.22. The minimum Gasteiger partial charge on any atom is -0.418 e. The van der Waals surface area contributed by atoms with E-state index >= 15 is 0 Å². The number of rotatable bonds is 5. The van der Waals surface area contributed by atoms with Gasteiger partial charge in [0, 0.05) is 29.6 Å². The first-order valence-electron chi connectivity index (χ1n) is 9.40. The molecule has 1 aromatic carbocycles. The number of nitrogens with zero attached hydrogens (tertiary/aromatic N) is 5. The van der Waals surface area contributed by atoms with Crippen molar-refractivity contribution in [3.8, 4) is 33.5 Å². The summed E-state index contributed by atoms with van der Waals surface area (Å²) in [5, 5.41) is 17.5. The lowest BCUT2D eigenvalue weighted by atomic mass is 10.1. The lowest BCUT2D eigenvalue weighted by Gasteiger charge is -2.07. The normalized spacial score (nSPS) is 12.8. The van der Waals surface area contributed by atoms with E-state index in [2.05, 4.69) is 42.6 Å². The molecule has 2 N–H and O–H groups in total. The third kappa shape index (κ3) is 3.84. The summed E-state index contributed by atoms with van der Waals surface area (Å²) in [7, 11) is 0. The predicted octanol–water partition coefficient (Wildman–Crippen LogP) is 3.63. The number of nitrogens with one attached hydrogen (secondary N) is 2. The van der Waals surface area contributed by atoms with Gasteiger partial charge in [-0.3, -0.25) is 4.79 Å². The highest BCUT2D eigenvalue weighted by molar-refractivity contribution is 7.13. The van der Waals surface area contributed by atoms with Crippen LogP contribution in [0, 0.1) is 0 Å². The molecule has 0 bridgehead atoms. The largest absolute Gasteiger partial charge is 0.418 e. The van der Waals surface area contributed by atoms with Crippen molar-refractivity contribution < 1.29 is 13.9 Å². The smallest absolute Gasteiger partial charge is 0.264 e. The number of hydrogen-bond donors (Lipinski definition) is 2. The summed E-state index contributed by atoms with van der Waals surface area (Å²) >= 11 is 1.38. The average Bonchev–Trinajstić information content (AvgIpc) is 3.54. The summed E-state index contributed by atoms with van der Waals surface area (Å²) < 4.78 is 11.4. The van der Waals surface area contributed by atoms with Crippen LogP contribution in [0.3, 0.4) is 0 Å². The molecule has 0 aliphatic carbocycles. The topological polar surface area (TPSA) is 127 Å². The van der Waals surface area contributed by atoms with Crippen LogP contribution in [-0.4, -0.2) is 32.0 Å². The molecule has 0 unspecified atom stereocenters. The van der Waals surface area contributed by atoms with Crippen LogP contribution >= 0.6 is 11.3 Å². The van der Waals surface area contributed by atoms with E-state index in [4.69, 9.17) is 9.15 Å². The molecule has 0 spiro atoms. The molecule has 158 valence electrons. The van der Waals surface area contributed by atoms with Crippen LogP contribution in [-0.2, 0) is 9.53 Å². The Morgan fingerprint density at radius 2 is 1.97 bits per heavy atom. The molecule has 0 radical (unpaired) electrons. The second kappa shape index (κ2) is 8.04. The van der Waals surface area contributed by atoms with Crippen molar-refractivity contribution in [3.05, 3.63) is 66.1 Å². The Kier molecular flexibility index (Phi) is 4.92. The number of hydrogen-bond acceptors (Lipinski definition) is 10. The van der Waals surface area contributed by atoms with Gasteiger partial charge in [0.2, 0.25) is 23.6 Å². The van der Waals surface area contributed by atoms with E-state index < -0.39 is 0 Å². The summed E-state index contributed by atoms with van der Waals surface area (Å²) in [4.78, 5) is 20.5. The van der Waals surface area contributed by atoms with E-state index in [-0.39, 0.29) is 11.8 Å². The highest BCUT2D eigenvalue weighted by atomic mass is 32.1. The minimum absolute atomic E-state index is 0.243. The second-order valence-electron chi connectivity index (χ2n) is 6.67.